The van der Waals surface area contributed by atoms with E-state index in [1.54, 1.807) is 17.0 Å². The lowest BCUT2D eigenvalue weighted by Crippen LogP contribution is -2.30. The number of anilines is 1. The number of nitrogens with zero attached hydrogens (tertiary/aromatic N) is 2. The van der Waals surface area contributed by atoms with Crippen molar-refractivity contribution in [3.8, 4) is 0 Å². The van der Waals surface area contributed by atoms with E-state index < -0.39 is 0 Å². The van der Waals surface area contributed by atoms with Gasteiger partial charge in [-0.3, -0.25) is 4.79 Å². The molecule has 5 heteroatoms. The summed E-state index contributed by atoms with van der Waals surface area (Å²) in [4.78, 5) is 16.0. The van der Waals surface area contributed by atoms with E-state index in [9.17, 15) is 4.79 Å². The van der Waals surface area contributed by atoms with Gasteiger partial charge in [-0.25, -0.2) is 4.98 Å². The average molecular weight is 244 g/mol. The Morgan fingerprint density at radius 1 is 1.56 bits per heavy atom. The summed E-state index contributed by atoms with van der Waals surface area (Å²) in [5.74, 6) is 0.845. The molecule has 0 saturated heterocycles. The molecule has 0 aromatic carbocycles. The molecule has 1 unspecified atom stereocenters. The van der Waals surface area contributed by atoms with E-state index in [0.717, 1.165) is 6.42 Å². The number of hydrogen-bond donors (Lipinski definition) is 1. The third-order valence-electron chi connectivity index (χ3n) is 2.44. The average Bonchev–Trinajstić information content (AvgIpc) is 2.27. The minimum atomic E-state index is -0.0962. The third-order valence-corrected chi connectivity index (χ3v) is 2.82. The van der Waals surface area contributed by atoms with Crippen LogP contribution >= 0.6 is 11.6 Å². The second-order valence-corrected chi connectivity index (χ2v) is 4.29. The van der Waals surface area contributed by atoms with Gasteiger partial charge in [-0.1, -0.05) is 6.92 Å². The molecule has 0 aliphatic rings. The minimum Gasteiger partial charge on any atom is -0.362 e. The van der Waals surface area contributed by atoms with Gasteiger partial charge < -0.3 is 9.88 Å². The van der Waals surface area contributed by atoms with Gasteiger partial charge in [0.05, 0.1) is 0 Å². The Morgan fingerprint density at radius 3 is 2.75 bits per heavy atom. The Morgan fingerprint density at radius 2 is 2.25 bits per heavy atom. The van der Waals surface area contributed by atoms with Crippen LogP contribution in [0.3, 0.4) is 0 Å². The smallest absolute Gasteiger partial charge is 0.293 e. The standard InChI is InChI=1S/C11H18ClN3O/c1-4-9(7-12)14-10-11(16)15(8(2)3)6-5-13-10/h5-6,8-9H,4,7H2,1-3H3,(H,13,14). The number of alkyl halides is 1. The fourth-order valence-corrected chi connectivity index (χ4v) is 1.67. The Hall–Kier alpha value is -1.03. The highest BCUT2D eigenvalue weighted by atomic mass is 35.5. The highest BCUT2D eigenvalue weighted by molar-refractivity contribution is 6.18. The summed E-state index contributed by atoms with van der Waals surface area (Å²) in [6.45, 7) is 5.94. The molecule has 1 rings (SSSR count). The maximum absolute atomic E-state index is 12.0. The van der Waals surface area contributed by atoms with E-state index in [1.165, 1.54) is 0 Å². The van der Waals surface area contributed by atoms with E-state index in [1.807, 2.05) is 20.8 Å². The van der Waals surface area contributed by atoms with Crippen LogP contribution in [0.4, 0.5) is 5.82 Å². The molecule has 0 bridgehead atoms. The van der Waals surface area contributed by atoms with Crippen LogP contribution in [0.2, 0.25) is 0 Å². The van der Waals surface area contributed by atoms with E-state index >= 15 is 0 Å². The predicted molar refractivity (Wildman–Crippen MR) is 67.3 cm³/mol. The molecule has 1 aromatic rings. The van der Waals surface area contributed by atoms with Gasteiger partial charge in [0.25, 0.3) is 5.56 Å². The summed E-state index contributed by atoms with van der Waals surface area (Å²) >= 11 is 5.77. The van der Waals surface area contributed by atoms with Gasteiger partial charge in [-0.05, 0) is 20.3 Å². The highest BCUT2D eigenvalue weighted by Gasteiger charge is 2.10. The molecule has 0 saturated carbocycles. The maximum Gasteiger partial charge on any atom is 0.293 e. The number of nitrogens with one attached hydrogen (secondary N) is 1. The number of aromatic nitrogens is 2. The summed E-state index contributed by atoms with van der Waals surface area (Å²) in [7, 11) is 0. The molecule has 0 fully saturated rings. The van der Waals surface area contributed by atoms with Gasteiger partial charge >= 0.3 is 0 Å². The molecule has 1 aromatic heterocycles. The van der Waals surface area contributed by atoms with Gasteiger partial charge in [0, 0.05) is 30.4 Å². The molecule has 1 atom stereocenters. The third kappa shape index (κ3) is 2.98. The summed E-state index contributed by atoms with van der Waals surface area (Å²) in [5.41, 5.74) is -0.0962. The predicted octanol–water partition coefficient (Wildman–Crippen LogP) is 2.25. The molecule has 0 amide bonds. The van der Waals surface area contributed by atoms with E-state index in [0.29, 0.717) is 11.7 Å². The van der Waals surface area contributed by atoms with Crippen LogP contribution in [-0.4, -0.2) is 21.5 Å². The fraction of sp³-hybridized carbons (Fsp3) is 0.636. The Bertz CT molecular complexity index is 385. The second-order valence-electron chi connectivity index (χ2n) is 3.99. The summed E-state index contributed by atoms with van der Waals surface area (Å²) in [6.07, 6.45) is 4.19. The van der Waals surface area contributed by atoms with Gasteiger partial charge in [0.1, 0.15) is 0 Å². The first-order valence-corrected chi connectivity index (χ1v) is 6.03. The van der Waals surface area contributed by atoms with Crippen LogP contribution in [0.15, 0.2) is 17.2 Å². The lowest BCUT2D eigenvalue weighted by Gasteiger charge is -2.16. The number of hydrogen-bond acceptors (Lipinski definition) is 3. The first kappa shape index (κ1) is 13.0. The first-order valence-electron chi connectivity index (χ1n) is 5.49. The molecule has 1 heterocycles. The topological polar surface area (TPSA) is 46.9 Å². The molecule has 0 radical (unpaired) electrons. The van der Waals surface area contributed by atoms with Crippen molar-refractivity contribution in [2.75, 3.05) is 11.2 Å². The van der Waals surface area contributed by atoms with Crippen LogP contribution in [0.1, 0.15) is 33.2 Å². The van der Waals surface area contributed by atoms with Crippen molar-refractivity contribution in [1.29, 1.82) is 0 Å². The quantitative estimate of drug-likeness (QED) is 0.807. The van der Waals surface area contributed by atoms with Crippen molar-refractivity contribution in [2.24, 2.45) is 0 Å². The fourth-order valence-electron chi connectivity index (χ4n) is 1.37. The molecule has 0 spiro atoms. The van der Waals surface area contributed by atoms with Crippen molar-refractivity contribution in [1.82, 2.24) is 9.55 Å². The van der Waals surface area contributed by atoms with Crippen LogP contribution in [0.25, 0.3) is 0 Å². The van der Waals surface area contributed by atoms with Crippen molar-refractivity contribution >= 4 is 17.4 Å². The lowest BCUT2D eigenvalue weighted by atomic mass is 10.2. The van der Waals surface area contributed by atoms with E-state index in [-0.39, 0.29) is 17.6 Å². The monoisotopic (exact) mass is 243 g/mol. The summed E-state index contributed by atoms with van der Waals surface area (Å²) in [6, 6.07) is 0.219. The SMILES string of the molecule is CCC(CCl)Nc1nccn(C(C)C)c1=O. The minimum absolute atomic E-state index is 0.0879. The maximum atomic E-state index is 12.0. The Labute approximate surface area is 101 Å². The number of rotatable bonds is 5. The Kier molecular flexibility index (Phi) is 4.80. The van der Waals surface area contributed by atoms with Crippen molar-refractivity contribution in [2.45, 2.75) is 39.3 Å². The van der Waals surface area contributed by atoms with Gasteiger partial charge in [0.2, 0.25) is 0 Å². The highest BCUT2D eigenvalue weighted by Crippen LogP contribution is 2.05. The van der Waals surface area contributed by atoms with Gasteiger partial charge in [-0.2, -0.15) is 0 Å². The molecular weight excluding hydrogens is 226 g/mol. The Balaban J connectivity index is 2.97. The van der Waals surface area contributed by atoms with E-state index in [2.05, 4.69) is 10.3 Å². The number of halogens is 1. The van der Waals surface area contributed by atoms with Crippen LogP contribution in [0, 0.1) is 0 Å². The molecule has 1 N–H and O–H groups in total. The summed E-state index contributed by atoms with van der Waals surface area (Å²) in [5, 5.41) is 3.07. The zero-order valence-corrected chi connectivity index (χ0v) is 10.7. The zero-order valence-electron chi connectivity index (χ0n) is 9.90. The molecule has 0 aliphatic carbocycles. The van der Waals surface area contributed by atoms with Crippen molar-refractivity contribution in [3.05, 3.63) is 22.7 Å². The molecule has 0 aliphatic heterocycles. The van der Waals surface area contributed by atoms with Crippen LogP contribution in [0.5, 0.6) is 0 Å². The van der Waals surface area contributed by atoms with Crippen molar-refractivity contribution in [3.63, 3.8) is 0 Å². The molecule has 16 heavy (non-hydrogen) atoms. The molecule has 4 nitrogen and oxygen atoms in total. The zero-order chi connectivity index (χ0) is 12.1. The normalized spacial score (nSPS) is 12.8. The molecular formula is C11H18ClN3O. The van der Waals surface area contributed by atoms with Crippen LogP contribution in [-0.2, 0) is 0 Å². The first-order chi connectivity index (χ1) is 7.60. The van der Waals surface area contributed by atoms with E-state index in [4.69, 9.17) is 11.6 Å². The van der Waals surface area contributed by atoms with Crippen molar-refractivity contribution < 1.29 is 0 Å². The van der Waals surface area contributed by atoms with Crippen LogP contribution < -0.4 is 10.9 Å². The largest absolute Gasteiger partial charge is 0.362 e. The molecule has 90 valence electrons. The van der Waals surface area contributed by atoms with Gasteiger partial charge in [0.15, 0.2) is 5.82 Å². The summed E-state index contributed by atoms with van der Waals surface area (Å²) < 4.78 is 1.65. The second kappa shape index (κ2) is 5.89. The lowest BCUT2D eigenvalue weighted by molar-refractivity contribution is 0.574. The van der Waals surface area contributed by atoms with Gasteiger partial charge in [-0.15, -0.1) is 11.6 Å².